The first-order chi connectivity index (χ1) is 10.7. The number of nitrogens with two attached hydrogens (primary N) is 1. The van der Waals surface area contributed by atoms with Gasteiger partial charge in [-0.05, 0) is 32.3 Å². The lowest BCUT2D eigenvalue weighted by Gasteiger charge is -2.37. The van der Waals surface area contributed by atoms with Crippen LogP contribution in [0.25, 0.3) is 10.8 Å². The van der Waals surface area contributed by atoms with E-state index >= 15 is 0 Å². The highest BCUT2D eigenvalue weighted by Crippen LogP contribution is 2.26. The zero-order chi connectivity index (χ0) is 15.5. The van der Waals surface area contributed by atoms with Gasteiger partial charge in [-0.2, -0.15) is 0 Å². The van der Waals surface area contributed by atoms with Gasteiger partial charge in [0.2, 0.25) is 0 Å². The number of hydrogen-bond donors (Lipinski definition) is 1. The molecule has 22 heavy (non-hydrogen) atoms. The number of hydrogen-bond acceptors (Lipinski definition) is 6. The molecule has 1 aliphatic rings. The first kappa shape index (κ1) is 15.1. The van der Waals surface area contributed by atoms with E-state index in [4.69, 9.17) is 5.73 Å². The van der Waals surface area contributed by atoms with E-state index in [0.29, 0.717) is 15.7 Å². The number of nitrogens with zero attached hydrogens (tertiary/aromatic N) is 4. The molecule has 7 heteroatoms. The summed E-state index contributed by atoms with van der Waals surface area (Å²) in [6, 6.07) is 1.85. The Morgan fingerprint density at radius 1 is 1.36 bits per heavy atom. The Bertz CT molecular complexity index is 642. The minimum Gasteiger partial charge on any atom is -0.333 e. The molecule has 3 rings (SSSR count). The SMILES string of the molecule is CC(N)C1CCCCN1C(=O)c1cnc(-c2ncccn2)s1. The summed E-state index contributed by atoms with van der Waals surface area (Å²) in [6.45, 7) is 2.73. The molecule has 0 saturated carbocycles. The number of amides is 1. The average molecular weight is 317 g/mol. The van der Waals surface area contributed by atoms with E-state index in [1.54, 1.807) is 24.7 Å². The summed E-state index contributed by atoms with van der Waals surface area (Å²) in [5.74, 6) is 0.565. The van der Waals surface area contributed by atoms with Crippen molar-refractivity contribution in [2.45, 2.75) is 38.3 Å². The fourth-order valence-electron chi connectivity index (χ4n) is 2.78. The lowest BCUT2D eigenvalue weighted by Crippen LogP contribution is -2.51. The van der Waals surface area contributed by atoms with Crippen LogP contribution in [0.3, 0.4) is 0 Å². The van der Waals surface area contributed by atoms with Crippen LogP contribution in [0.5, 0.6) is 0 Å². The molecular weight excluding hydrogens is 298 g/mol. The summed E-state index contributed by atoms with van der Waals surface area (Å²) in [7, 11) is 0. The predicted octanol–water partition coefficient (Wildman–Crippen LogP) is 1.94. The van der Waals surface area contributed by atoms with Crippen LogP contribution in [0, 0.1) is 0 Å². The summed E-state index contributed by atoms with van der Waals surface area (Å²) in [4.78, 5) is 27.9. The van der Waals surface area contributed by atoms with Crippen molar-refractivity contribution in [1.29, 1.82) is 0 Å². The number of carbonyl (C=O) groups excluding carboxylic acids is 1. The number of likely N-dealkylation sites (tertiary alicyclic amines) is 1. The van der Waals surface area contributed by atoms with E-state index in [1.165, 1.54) is 11.3 Å². The lowest BCUT2D eigenvalue weighted by molar-refractivity contribution is 0.0588. The number of thiazole rings is 1. The zero-order valence-corrected chi connectivity index (χ0v) is 13.3. The summed E-state index contributed by atoms with van der Waals surface area (Å²) in [5.41, 5.74) is 6.04. The second-order valence-electron chi connectivity index (χ2n) is 5.52. The quantitative estimate of drug-likeness (QED) is 0.935. The second kappa shape index (κ2) is 6.50. The van der Waals surface area contributed by atoms with Gasteiger partial charge in [0.1, 0.15) is 4.88 Å². The van der Waals surface area contributed by atoms with Gasteiger partial charge >= 0.3 is 0 Å². The average Bonchev–Trinajstić information content (AvgIpc) is 3.05. The van der Waals surface area contributed by atoms with Crippen LogP contribution < -0.4 is 5.73 Å². The lowest BCUT2D eigenvalue weighted by atomic mass is 9.97. The van der Waals surface area contributed by atoms with Crippen molar-refractivity contribution in [3.63, 3.8) is 0 Å². The summed E-state index contributed by atoms with van der Waals surface area (Å²) in [5, 5.41) is 0.665. The third-order valence-corrected chi connectivity index (χ3v) is 4.87. The van der Waals surface area contributed by atoms with E-state index in [2.05, 4.69) is 15.0 Å². The van der Waals surface area contributed by atoms with Crippen LogP contribution in [-0.4, -0.2) is 44.4 Å². The van der Waals surface area contributed by atoms with Gasteiger partial charge in [-0.25, -0.2) is 15.0 Å². The maximum Gasteiger partial charge on any atom is 0.265 e. The predicted molar refractivity (Wildman–Crippen MR) is 85.5 cm³/mol. The first-order valence-electron chi connectivity index (χ1n) is 7.46. The minimum absolute atomic E-state index is 0.0154. The number of aromatic nitrogens is 3. The van der Waals surface area contributed by atoms with Crippen LogP contribution in [0.15, 0.2) is 24.7 Å². The van der Waals surface area contributed by atoms with E-state index in [0.717, 1.165) is 25.8 Å². The monoisotopic (exact) mass is 317 g/mol. The zero-order valence-electron chi connectivity index (χ0n) is 12.5. The van der Waals surface area contributed by atoms with Gasteiger partial charge in [-0.3, -0.25) is 4.79 Å². The number of rotatable bonds is 3. The first-order valence-corrected chi connectivity index (χ1v) is 8.28. The van der Waals surface area contributed by atoms with E-state index < -0.39 is 0 Å². The smallest absolute Gasteiger partial charge is 0.265 e. The molecule has 2 unspecified atom stereocenters. The van der Waals surface area contributed by atoms with Crippen LogP contribution in [0.2, 0.25) is 0 Å². The Balaban J connectivity index is 1.82. The molecule has 3 heterocycles. The van der Waals surface area contributed by atoms with E-state index in [1.807, 2.05) is 11.8 Å². The van der Waals surface area contributed by atoms with Crippen LogP contribution in [-0.2, 0) is 0 Å². The molecule has 1 amide bonds. The summed E-state index contributed by atoms with van der Waals surface area (Å²) in [6.07, 6.45) is 8.08. The normalized spacial score (nSPS) is 19.9. The standard InChI is InChI=1S/C15H19N5OS/c1-10(16)11-5-2-3-8-20(11)15(21)12-9-19-14(22-12)13-17-6-4-7-18-13/h4,6-7,9-11H,2-3,5,8,16H2,1H3. The third kappa shape index (κ3) is 3.00. The van der Waals surface area contributed by atoms with Crippen molar-refractivity contribution in [2.75, 3.05) is 6.54 Å². The molecule has 1 aliphatic heterocycles. The highest BCUT2D eigenvalue weighted by molar-refractivity contribution is 7.16. The van der Waals surface area contributed by atoms with Gasteiger partial charge in [0.25, 0.3) is 5.91 Å². The summed E-state index contributed by atoms with van der Waals surface area (Å²) < 4.78 is 0. The van der Waals surface area contributed by atoms with Gasteiger partial charge in [0.15, 0.2) is 10.8 Å². The number of piperidine rings is 1. The van der Waals surface area contributed by atoms with Gasteiger partial charge < -0.3 is 10.6 Å². The van der Waals surface area contributed by atoms with Crippen molar-refractivity contribution in [2.24, 2.45) is 5.73 Å². The molecule has 1 saturated heterocycles. The van der Waals surface area contributed by atoms with Crippen molar-refractivity contribution < 1.29 is 4.79 Å². The van der Waals surface area contributed by atoms with Crippen LogP contribution in [0.4, 0.5) is 0 Å². The van der Waals surface area contributed by atoms with Gasteiger partial charge in [-0.15, -0.1) is 11.3 Å². The van der Waals surface area contributed by atoms with Crippen LogP contribution in [0.1, 0.15) is 35.9 Å². The van der Waals surface area contributed by atoms with E-state index in [9.17, 15) is 4.79 Å². The molecule has 2 aromatic heterocycles. The molecule has 0 aromatic carbocycles. The molecule has 2 atom stereocenters. The molecule has 2 aromatic rings. The Morgan fingerprint density at radius 2 is 2.14 bits per heavy atom. The Kier molecular flexibility index (Phi) is 4.44. The van der Waals surface area contributed by atoms with Gasteiger partial charge in [-0.1, -0.05) is 0 Å². The van der Waals surface area contributed by atoms with Gasteiger partial charge in [0, 0.05) is 31.0 Å². The molecule has 1 fully saturated rings. The van der Waals surface area contributed by atoms with Crippen molar-refractivity contribution in [3.8, 4) is 10.8 Å². The molecule has 0 spiro atoms. The summed E-state index contributed by atoms with van der Waals surface area (Å²) >= 11 is 1.33. The fraction of sp³-hybridized carbons (Fsp3) is 0.467. The second-order valence-corrected chi connectivity index (χ2v) is 6.55. The van der Waals surface area contributed by atoms with Crippen molar-refractivity contribution in [3.05, 3.63) is 29.5 Å². The molecule has 2 N–H and O–H groups in total. The molecule has 6 nitrogen and oxygen atoms in total. The molecule has 116 valence electrons. The highest BCUT2D eigenvalue weighted by Gasteiger charge is 2.30. The number of carbonyl (C=O) groups is 1. The molecule has 0 aliphatic carbocycles. The molecule has 0 radical (unpaired) electrons. The maximum absolute atomic E-state index is 12.8. The topological polar surface area (TPSA) is 85.0 Å². The van der Waals surface area contributed by atoms with Crippen LogP contribution >= 0.6 is 11.3 Å². The third-order valence-electron chi connectivity index (χ3n) is 3.89. The minimum atomic E-state index is -0.0194. The maximum atomic E-state index is 12.8. The largest absolute Gasteiger partial charge is 0.333 e. The van der Waals surface area contributed by atoms with Gasteiger partial charge in [0.05, 0.1) is 6.20 Å². The highest BCUT2D eigenvalue weighted by atomic mass is 32.1. The van der Waals surface area contributed by atoms with E-state index in [-0.39, 0.29) is 18.0 Å². The van der Waals surface area contributed by atoms with Crippen molar-refractivity contribution >= 4 is 17.2 Å². The van der Waals surface area contributed by atoms with Crippen molar-refractivity contribution in [1.82, 2.24) is 19.9 Å². The Labute approximate surface area is 133 Å². The Morgan fingerprint density at radius 3 is 2.86 bits per heavy atom. The fourth-order valence-corrected chi connectivity index (χ4v) is 3.60. The molecule has 0 bridgehead atoms. The Hall–Kier alpha value is -1.86. The molecular formula is C15H19N5OS.